The van der Waals surface area contributed by atoms with Gasteiger partial charge in [0.2, 0.25) is 0 Å². The summed E-state index contributed by atoms with van der Waals surface area (Å²) in [6.45, 7) is 0. The van der Waals surface area contributed by atoms with E-state index < -0.39 is 14.7 Å². The molecule has 2 heteroatoms. The van der Waals surface area contributed by atoms with Crippen molar-refractivity contribution in [3.8, 4) is 0 Å². The van der Waals surface area contributed by atoms with Crippen molar-refractivity contribution in [1.82, 2.24) is 0 Å². The van der Waals surface area contributed by atoms with Crippen LogP contribution in [-0.4, -0.2) is 14.7 Å². The molecule has 0 aliphatic rings. The number of benzene rings is 3. The van der Waals surface area contributed by atoms with Gasteiger partial charge < -0.3 is 22.3 Å². The van der Waals surface area contributed by atoms with Crippen LogP contribution in [0, 0.1) is 22.3 Å². The van der Waals surface area contributed by atoms with Crippen molar-refractivity contribution in [2.75, 3.05) is 0 Å². The molecule has 0 bridgehead atoms. The van der Waals surface area contributed by atoms with Gasteiger partial charge in [0.05, 0.1) is 0 Å². The molecule has 0 aliphatic carbocycles. The van der Waals surface area contributed by atoms with E-state index in [1.807, 2.05) is 0 Å². The Morgan fingerprint density at radius 3 is 0.826 bits per heavy atom. The minimum atomic E-state index is -1.39. The van der Waals surface area contributed by atoms with E-state index in [4.69, 9.17) is 0 Å². The number of rotatable bonds is 3. The molecule has 0 fully saturated rings. The summed E-state index contributed by atoms with van der Waals surface area (Å²) in [5, 5.41) is 0. The van der Waals surface area contributed by atoms with E-state index in [0.29, 0.717) is 0 Å². The van der Waals surface area contributed by atoms with E-state index in [0.717, 1.165) is 0 Å². The third-order valence-corrected chi connectivity index (χ3v) is 8.17. The Bertz CT molecular complexity index is 530. The second kappa shape index (κ2) is 12.4. The molecule has 0 spiro atoms. The first-order chi connectivity index (χ1) is 9.45. The van der Waals surface area contributed by atoms with Crippen LogP contribution in [0.25, 0.3) is 0 Å². The average molecular weight is 548 g/mol. The van der Waals surface area contributed by atoms with E-state index in [9.17, 15) is 0 Å². The maximum atomic E-state index is 2.26. The molecule has 0 aromatic heterocycles. The Kier molecular flexibility index (Phi) is 13.0. The van der Waals surface area contributed by atoms with Gasteiger partial charge in [0.15, 0.2) is 0 Å². The number of hydrogen-bond donors (Lipinski definition) is 0. The van der Waals surface area contributed by atoms with Gasteiger partial charge in [-0.05, 0) is 0 Å². The molecule has 3 aromatic carbocycles. The van der Waals surface area contributed by atoms with Crippen molar-refractivity contribution in [3.05, 3.63) is 113 Å². The van der Waals surface area contributed by atoms with Crippen molar-refractivity contribution < 1.29 is 22.4 Å². The topological polar surface area (TPSA) is 0 Å². The van der Waals surface area contributed by atoms with Crippen LogP contribution in [-0.2, 0) is 22.4 Å². The molecule has 3 rings (SSSR count). The summed E-state index contributed by atoms with van der Waals surface area (Å²) < 4.78 is 4.44. The third-order valence-electron chi connectivity index (χ3n) is 3.04. The van der Waals surface area contributed by atoms with Gasteiger partial charge in [-0.15, -0.1) is 0 Å². The van der Waals surface area contributed by atoms with E-state index in [-0.39, 0.29) is 44.7 Å². The van der Waals surface area contributed by atoms with Gasteiger partial charge in [-0.3, -0.25) is 0 Å². The van der Waals surface area contributed by atoms with E-state index in [2.05, 4.69) is 91.0 Å². The normalized spacial score (nSPS) is 8.74. The van der Waals surface area contributed by atoms with Crippen LogP contribution in [0.1, 0.15) is 0 Å². The van der Waals surface area contributed by atoms with Gasteiger partial charge >= 0.3 is 141 Å². The van der Waals surface area contributed by atoms with E-state index in [1.54, 1.807) is 0 Å². The van der Waals surface area contributed by atoms with Crippen LogP contribution in [0.2, 0.25) is 0 Å². The fourth-order valence-corrected chi connectivity index (χ4v) is 7.02. The molecule has 0 aliphatic heterocycles. The van der Waals surface area contributed by atoms with Crippen LogP contribution in [0.15, 0.2) is 91.0 Å². The Morgan fingerprint density at radius 2 is 0.609 bits per heavy atom. The Labute approximate surface area is 162 Å². The second-order valence-electron chi connectivity index (χ2n) is 4.34. The molecule has 23 heavy (non-hydrogen) atoms. The van der Waals surface area contributed by atoms with Crippen molar-refractivity contribution >= 4 is 27.7 Å². The first-order valence-electron chi connectivity index (χ1n) is 6.40. The first kappa shape index (κ1) is 24.2. The van der Waals surface area contributed by atoms with Gasteiger partial charge in [0.25, 0.3) is 0 Å². The third kappa shape index (κ3) is 6.16. The van der Waals surface area contributed by atoms with Gasteiger partial charge in [-0.25, -0.2) is 0 Å². The average Bonchev–Trinajstić information content (AvgIpc) is 2.51. The quantitative estimate of drug-likeness (QED) is 0.347. The predicted octanol–water partition coefficient (Wildman–Crippen LogP) is 3.55. The zero-order chi connectivity index (χ0) is 12.9. The van der Waals surface area contributed by atoms with Crippen LogP contribution in [0.4, 0.5) is 0 Å². The van der Waals surface area contributed by atoms with Crippen molar-refractivity contribution in [2.45, 2.75) is 0 Å². The molecule has 0 saturated carbocycles. The van der Waals surface area contributed by atoms with E-state index in [1.165, 1.54) is 13.1 Å². The van der Waals surface area contributed by atoms with Crippen molar-refractivity contribution in [1.29, 1.82) is 0 Å². The predicted molar refractivity (Wildman–Crippen MR) is 103 cm³/mol. The van der Waals surface area contributed by atoms with Crippen LogP contribution in [0.5, 0.6) is 0 Å². The molecular weight excluding hydrogens is 524 g/mol. The molecule has 3 aromatic rings. The van der Waals surface area contributed by atoms with Gasteiger partial charge in [0, 0.05) is 0 Å². The summed E-state index contributed by atoms with van der Waals surface area (Å²) in [6, 6.07) is 32.7. The van der Waals surface area contributed by atoms with Crippen molar-refractivity contribution in [2.24, 2.45) is 0 Å². The summed E-state index contributed by atoms with van der Waals surface area (Å²) in [7, 11) is 0. The Morgan fingerprint density at radius 1 is 0.391 bits per heavy atom. The summed E-state index contributed by atoms with van der Waals surface area (Å²) in [4.78, 5) is 0. The van der Waals surface area contributed by atoms with Gasteiger partial charge in [-0.1, -0.05) is 0 Å². The van der Waals surface area contributed by atoms with Crippen LogP contribution in [0.3, 0.4) is 0 Å². The monoisotopic (exact) mass is 548 g/mol. The maximum absolute atomic E-state index is 2.26. The Hall–Kier alpha value is -1.04. The van der Waals surface area contributed by atoms with Crippen molar-refractivity contribution in [3.63, 3.8) is 0 Å². The molecular formula is C21H24AsAu. The fraction of sp³-hybridized carbons (Fsp3) is 0. The van der Waals surface area contributed by atoms with E-state index >= 15 is 0 Å². The molecule has 0 radical (unpaired) electrons. The molecule has 0 amide bonds. The summed E-state index contributed by atoms with van der Waals surface area (Å²) in [5.41, 5.74) is 0. The number of hydrogen-bond acceptors (Lipinski definition) is 0. The molecule has 0 N–H and O–H groups in total. The molecule has 124 valence electrons. The fourth-order valence-electron chi connectivity index (χ4n) is 2.18. The Balaban J connectivity index is 0. The minimum absolute atomic E-state index is 0. The zero-order valence-corrected chi connectivity index (χ0v) is 18.0. The van der Waals surface area contributed by atoms with Crippen LogP contribution >= 0.6 is 0 Å². The molecule has 0 saturated heterocycles. The summed E-state index contributed by atoms with van der Waals surface area (Å²) in [6.07, 6.45) is 0. The summed E-state index contributed by atoms with van der Waals surface area (Å²) >= 11 is -1.39. The first-order valence-corrected chi connectivity index (χ1v) is 9.22. The SMILES string of the molecule is [Au+3].[CH3-].[CH3-].[CH3-].c1ccc([As](c2ccccc2)c2ccccc2)cc1. The standard InChI is InChI=1S/C18H15As.3CH3.Au/c1-4-10-16(11-5-1)19(17-12-6-2-7-13-17)18-14-8-3-9-15-18;;;;/h1-15H;3*1H3;/q;3*-1;+3. The zero-order valence-electron chi connectivity index (χ0n) is 13.9. The van der Waals surface area contributed by atoms with Gasteiger partial charge in [0.1, 0.15) is 0 Å². The van der Waals surface area contributed by atoms with Crippen LogP contribution < -0.4 is 13.1 Å². The molecule has 0 atom stereocenters. The molecule has 0 nitrogen and oxygen atoms in total. The molecule has 0 heterocycles. The summed E-state index contributed by atoms with van der Waals surface area (Å²) in [5.74, 6) is 0. The van der Waals surface area contributed by atoms with Gasteiger partial charge in [-0.2, -0.15) is 0 Å². The second-order valence-corrected chi connectivity index (χ2v) is 9.00. The molecule has 0 unspecified atom stereocenters.